The first-order chi connectivity index (χ1) is 36.7. The van der Waals surface area contributed by atoms with Gasteiger partial charge in [0.2, 0.25) is 0 Å². The first-order valence-electron chi connectivity index (χ1n) is 25.5. The van der Waals surface area contributed by atoms with Crippen molar-refractivity contribution in [2.45, 2.75) is 48.3 Å². The van der Waals surface area contributed by atoms with Crippen LogP contribution in [-0.2, 0) is 10.8 Å². The van der Waals surface area contributed by atoms with Crippen LogP contribution in [0.15, 0.2) is 216 Å². The van der Waals surface area contributed by atoms with E-state index < -0.39 is 5.41 Å². The number of ether oxygens (including phenoxy) is 1. The second-order valence-corrected chi connectivity index (χ2v) is 21.6. The van der Waals surface area contributed by atoms with Gasteiger partial charge in [0.15, 0.2) is 29.0 Å². The van der Waals surface area contributed by atoms with Gasteiger partial charge in [-0.3, -0.25) is 9.97 Å². The fourth-order valence-corrected chi connectivity index (χ4v) is 13.5. The number of anilines is 3. The lowest BCUT2D eigenvalue weighted by Crippen LogP contribution is -2.32. The van der Waals surface area contributed by atoms with E-state index in [4.69, 9.17) is 29.7 Å². The van der Waals surface area contributed by atoms with Gasteiger partial charge in [-0.15, -0.1) is 0 Å². The maximum Gasteiger partial charge on any atom is 0.165 e. The standard InChI is InChI=1S/C67H46N6OS/c1-39-23-27-41(28-24-39)63-70-64(42-29-25-40(2)26-30-42)72-65(71-63)48-16-6-5-14-45(48)43-36-54-60(69-38-43)59-51(19-13-35-68-59)67(54)50-18-9-12-22-58(50)75-62-52(67)33-34-56-61(62)74-57-21-11-10-20-55(57)73(56)44-31-32-47-46-15-7-8-17-49(46)66(3,4)53(47)37-44/h5-38H,1-4H3. The van der Waals surface area contributed by atoms with Crippen LogP contribution in [0, 0.1) is 13.8 Å². The van der Waals surface area contributed by atoms with Gasteiger partial charge in [0.05, 0.1) is 33.1 Å². The molecule has 1 unspecified atom stereocenters. The molecule has 3 aromatic heterocycles. The predicted octanol–water partition coefficient (Wildman–Crippen LogP) is 16.7. The summed E-state index contributed by atoms with van der Waals surface area (Å²) < 4.78 is 7.25. The summed E-state index contributed by atoms with van der Waals surface area (Å²) in [5.74, 6) is 3.44. The Morgan fingerprint density at radius 3 is 1.85 bits per heavy atom. The second kappa shape index (κ2) is 16.3. The van der Waals surface area contributed by atoms with E-state index in [1.807, 2.05) is 12.4 Å². The maximum atomic E-state index is 7.25. The van der Waals surface area contributed by atoms with Gasteiger partial charge < -0.3 is 9.64 Å². The van der Waals surface area contributed by atoms with E-state index in [9.17, 15) is 0 Å². The summed E-state index contributed by atoms with van der Waals surface area (Å²) in [4.78, 5) is 30.7. The zero-order chi connectivity index (χ0) is 50.2. The van der Waals surface area contributed by atoms with Crippen LogP contribution in [0.2, 0.25) is 0 Å². The number of hydrogen-bond donors (Lipinski definition) is 0. The van der Waals surface area contributed by atoms with E-state index in [1.165, 1.54) is 38.9 Å². The van der Waals surface area contributed by atoms with Gasteiger partial charge in [0.1, 0.15) is 0 Å². The number of aromatic nitrogens is 5. The van der Waals surface area contributed by atoms with Crippen LogP contribution in [0.25, 0.3) is 67.8 Å². The molecule has 5 heterocycles. The lowest BCUT2D eigenvalue weighted by atomic mass is 9.67. The zero-order valence-electron chi connectivity index (χ0n) is 41.6. The minimum Gasteiger partial charge on any atom is -0.452 e. The van der Waals surface area contributed by atoms with Gasteiger partial charge in [-0.25, -0.2) is 15.0 Å². The van der Waals surface area contributed by atoms with E-state index in [2.05, 4.69) is 227 Å². The van der Waals surface area contributed by atoms with Crippen LogP contribution in [0.3, 0.4) is 0 Å². The van der Waals surface area contributed by atoms with Gasteiger partial charge >= 0.3 is 0 Å². The minimum atomic E-state index is -0.804. The fraction of sp³-hybridized carbons (Fsp3) is 0.0896. The van der Waals surface area contributed by atoms with Gasteiger partial charge in [-0.05, 0) is 107 Å². The van der Waals surface area contributed by atoms with Crippen LogP contribution in [0.1, 0.15) is 58.4 Å². The number of pyridine rings is 2. The number of hydrogen-bond acceptors (Lipinski definition) is 8. The van der Waals surface area contributed by atoms with Gasteiger partial charge in [-0.1, -0.05) is 182 Å². The van der Waals surface area contributed by atoms with E-state index in [1.54, 1.807) is 11.8 Å². The molecule has 8 aromatic carbocycles. The molecule has 1 atom stereocenters. The second-order valence-electron chi connectivity index (χ2n) is 20.5. The minimum absolute atomic E-state index is 0.164. The largest absolute Gasteiger partial charge is 0.452 e. The van der Waals surface area contributed by atoms with E-state index in [-0.39, 0.29) is 5.41 Å². The Bertz CT molecular complexity index is 4140. The van der Waals surface area contributed by atoms with Gasteiger partial charge in [0, 0.05) is 56.2 Å². The van der Waals surface area contributed by atoms with Crippen LogP contribution < -0.4 is 9.64 Å². The van der Waals surface area contributed by atoms with Crippen molar-refractivity contribution in [3.8, 4) is 79.3 Å². The molecular weight excluding hydrogens is 937 g/mol. The molecule has 0 saturated carbocycles. The highest BCUT2D eigenvalue weighted by Crippen LogP contribution is 2.66. The number of nitrogens with zero attached hydrogens (tertiary/aromatic N) is 6. The SMILES string of the molecule is Cc1ccc(-c2nc(-c3ccc(C)cc3)nc(-c3ccccc3-c3cnc4c(c3)C3(c5ccccc5Sc5c3ccc3c5Oc5ccccc5N3c3ccc5c(c3)C(C)(C)c3ccccc3-5)c3cccnc3-4)n2)cc1. The molecule has 11 aromatic rings. The van der Waals surface area contributed by atoms with Crippen LogP contribution in [0.4, 0.5) is 17.1 Å². The lowest BCUT2D eigenvalue weighted by molar-refractivity contribution is 0.461. The van der Waals surface area contributed by atoms with Crippen molar-refractivity contribution in [2.24, 2.45) is 0 Å². The summed E-state index contributed by atoms with van der Waals surface area (Å²) in [5, 5.41) is 0. The van der Waals surface area contributed by atoms with E-state index in [0.29, 0.717) is 17.5 Å². The summed E-state index contributed by atoms with van der Waals surface area (Å²) in [6.45, 7) is 8.87. The van der Waals surface area contributed by atoms with Crippen molar-refractivity contribution in [1.29, 1.82) is 0 Å². The molecule has 7 nitrogen and oxygen atoms in total. The van der Waals surface area contributed by atoms with Crippen molar-refractivity contribution >= 4 is 28.8 Å². The average molecular weight is 983 g/mol. The predicted molar refractivity (Wildman–Crippen MR) is 300 cm³/mol. The third-order valence-electron chi connectivity index (χ3n) is 15.8. The molecule has 8 heteroatoms. The molecule has 0 bridgehead atoms. The smallest absolute Gasteiger partial charge is 0.165 e. The molecule has 1 spiro atoms. The first kappa shape index (κ1) is 43.6. The number of para-hydroxylation sites is 2. The highest BCUT2D eigenvalue weighted by atomic mass is 32.2. The number of aryl methyl sites for hydroxylation is 2. The molecule has 15 rings (SSSR count). The molecule has 0 fully saturated rings. The molecule has 2 aliphatic heterocycles. The molecule has 0 amide bonds. The topological polar surface area (TPSA) is 76.9 Å². The van der Waals surface area contributed by atoms with Crippen molar-refractivity contribution in [3.63, 3.8) is 0 Å². The lowest BCUT2D eigenvalue weighted by Gasteiger charge is -2.42. The number of benzene rings is 8. The van der Waals surface area contributed by atoms with Crippen LogP contribution in [0.5, 0.6) is 11.5 Å². The van der Waals surface area contributed by atoms with Gasteiger partial charge in [0.25, 0.3) is 0 Å². The Labute approximate surface area is 439 Å². The molecule has 75 heavy (non-hydrogen) atoms. The monoisotopic (exact) mass is 982 g/mol. The third kappa shape index (κ3) is 6.39. The van der Waals surface area contributed by atoms with E-state index >= 15 is 0 Å². The molecular formula is C67H46N6OS. The first-order valence-corrected chi connectivity index (χ1v) is 26.3. The third-order valence-corrected chi connectivity index (χ3v) is 17.0. The van der Waals surface area contributed by atoms with Crippen molar-refractivity contribution in [3.05, 3.63) is 251 Å². The molecule has 0 N–H and O–H groups in total. The Balaban J connectivity index is 0.930. The highest BCUT2D eigenvalue weighted by Gasteiger charge is 2.53. The number of fused-ring (bicyclic) bond motifs is 15. The number of rotatable bonds is 5. The summed E-state index contributed by atoms with van der Waals surface area (Å²) >= 11 is 1.78. The molecule has 0 saturated heterocycles. The Kier molecular flexibility index (Phi) is 9.45. The van der Waals surface area contributed by atoms with Gasteiger partial charge in [-0.2, -0.15) is 0 Å². The van der Waals surface area contributed by atoms with Crippen molar-refractivity contribution < 1.29 is 4.74 Å². The summed E-state index contributed by atoms with van der Waals surface area (Å²) in [6, 6.07) is 69.4. The van der Waals surface area contributed by atoms with Crippen LogP contribution in [-0.4, -0.2) is 24.9 Å². The Hall–Kier alpha value is -8.98. The average Bonchev–Trinajstić information content (AvgIpc) is 3.99. The summed E-state index contributed by atoms with van der Waals surface area (Å²) in [5.41, 5.74) is 20.5. The zero-order valence-corrected chi connectivity index (χ0v) is 42.4. The maximum absolute atomic E-state index is 7.25. The normalized spacial score (nSPS) is 15.7. The molecule has 2 aliphatic carbocycles. The molecule has 0 radical (unpaired) electrons. The quantitative estimate of drug-likeness (QED) is 0.169. The van der Waals surface area contributed by atoms with E-state index in [0.717, 1.165) is 94.2 Å². The van der Waals surface area contributed by atoms with Crippen LogP contribution >= 0.6 is 11.8 Å². The fourth-order valence-electron chi connectivity index (χ4n) is 12.2. The van der Waals surface area contributed by atoms with Crippen molar-refractivity contribution in [2.75, 3.05) is 4.90 Å². The summed E-state index contributed by atoms with van der Waals surface area (Å²) in [7, 11) is 0. The molecule has 4 aliphatic rings. The summed E-state index contributed by atoms with van der Waals surface area (Å²) in [6.07, 6.45) is 3.87. The highest BCUT2D eigenvalue weighted by molar-refractivity contribution is 7.99. The van der Waals surface area contributed by atoms with Crippen molar-refractivity contribution in [1.82, 2.24) is 24.9 Å². The Morgan fingerprint density at radius 1 is 0.453 bits per heavy atom. The molecule has 356 valence electrons. The Morgan fingerprint density at radius 2 is 1.08 bits per heavy atom.